The van der Waals surface area contributed by atoms with Crippen molar-refractivity contribution in [2.75, 3.05) is 7.11 Å². The molecular formula is C8H8F3NO4S. The Labute approximate surface area is 95.0 Å². The van der Waals surface area contributed by atoms with Gasteiger partial charge in [0.1, 0.15) is 0 Å². The van der Waals surface area contributed by atoms with Crippen LogP contribution < -0.4 is 14.6 Å². The number of primary sulfonamides is 1. The van der Waals surface area contributed by atoms with Crippen LogP contribution >= 0.6 is 0 Å². The highest BCUT2D eigenvalue weighted by Crippen LogP contribution is 2.33. The van der Waals surface area contributed by atoms with E-state index in [4.69, 9.17) is 5.14 Å². The zero-order chi connectivity index (χ0) is 13.3. The largest absolute Gasteiger partial charge is 0.573 e. The molecule has 9 heteroatoms. The van der Waals surface area contributed by atoms with E-state index >= 15 is 0 Å². The van der Waals surface area contributed by atoms with Gasteiger partial charge >= 0.3 is 6.36 Å². The summed E-state index contributed by atoms with van der Waals surface area (Å²) < 4.78 is 66.0. The minimum absolute atomic E-state index is 0.371. The third kappa shape index (κ3) is 3.79. The van der Waals surface area contributed by atoms with Gasteiger partial charge in [-0.05, 0) is 12.1 Å². The summed E-state index contributed by atoms with van der Waals surface area (Å²) in [5.74, 6) is -1.03. The molecule has 0 bridgehead atoms. The van der Waals surface area contributed by atoms with E-state index < -0.39 is 22.1 Å². The van der Waals surface area contributed by atoms with Gasteiger partial charge in [-0.3, -0.25) is 0 Å². The van der Waals surface area contributed by atoms with Crippen molar-refractivity contribution in [2.24, 2.45) is 5.14 Å². The molecule has 0 aliphatic rings. The van der Waals surface area contributed by atoms with E-state index in [1.54, 1.807) is 0 Å². The maximum absolute atomic E-state index is 12.0. The SMILES string of the molecule is COc1cc(S(N)(=O)=O)ccc1OC(F)(F)F. The third-order valence-corrected chi connectivity index (χ3v) is 2.60. The maximum Gasteiger partial charge on any atom is 0.573 e. The normalized spacial score (nSPS) is 12.3. The van der Waals surface area contributed by atoms with E-state index in [1.165, 1.54) is 0 Å². The number of methoxy groups -OCH3 is 1. The average molecular weight is 271 g/mol. The van der Waals surface area contributed by atoms with Crippen LogP contribution in [0.4, 0.5) is 13.2 Å². The second-order valence-corrected chi connectivity index (χ2v) is 4.47. The van der Waals surface area contributed by atoms with Crippen LogP contribution in [0.5, 0.6) is 11.5 Å². The Kier molecular flexibility index (Phi) is 3.53. The van der Waals surface area contributed by atoms with Crippen molar-refractivity contribution in [2.45, 2.75) is 11.3 Å². The van der Waals surface area contributed by atoms with Crippen LogP contribution in [-0.4, -0.2) is 21.9 Å². The molecule has 17 heavy (non-hydrogen) atoms. The standard InChI is InChI=1S/C8H8F3NO4S/c1-15-7-4-5(17(12,13)14)2-3-6(7)16-8(9,10)11/h2-4H,1H3,(H2,12,13,14). The predicted molar refractivity (Wildman–Crippen MR) is 51.1 cm³/mol. The lowest BCUT2D eigenvalue weighted by atomic mass is 10.3. The molecular weight excluding hydrogens is 263 g/mol. The molecule has 1 aromatic rings. The molecule has 0 saturated carbocycles. The highest BCUT2D eigenvalue weighted by molar-refractivity contribution is 7.89. The zero-order valence-corrected chi connectivity index (χ0v) is 9.30. The number of rotatable bonds is 3. The first kappa shape index (κ1) is 13.6. The zero-order valence-electron chi connectivity index (χ0n) is 8.48. The van der Waals surface area contributed by atoms with Crippen molar-refractivity contribution in [3.8, 4) is 11.5 Å². The number of nitrogens with two attached hydrogens (primary N) is 1. The minimum Gasteiger partial charge on any atom is -0.493 e. The van der Waals surface area contributed by atoms with Gasteiger partial charge in [0.05, 0.1) is 12.0 Å². The Balaban J connectivity index is 3.19. The fourth-order valence-corrected chi connectivity index (χ4v) is 1.56. The van der Waals surface area contributed by atoms with E-state index in [0.29, 0.717) is 0 Å². The molecule has 0 heterocycles. The number of alkyl halides is 3. The summed E-state index contributed by atoms with van der Waals surface area (Å²) in [5, 5.41) is 4.81. The van der Waals surface area contributed by atoms with E-state index in [1.807, 2.05) is 0 Å². The number of sulfonamides is 1. The molecule has 0 amide bonds. The number of hydrogen-bond donors (Lipinski definition) is 1. The van der Waals surface area contributed by atoms with Gasteiger partial charge in [0.2, 0.25) is 10.0 Å². The number of hydrogen-bond acceptors (Lipinski definition) is 4. The number of benzene rings is 1. The topological polar surface area (TPSA) is 78.6 Å². The van der Waals surface area contributed by atoms with Crippen molar-refractivity contribution in [1.82, 2.24) is 0 Å². The highest BCUT2D eigenvalue weighted by atomic mass is 32.2. The Morgan fingerprint density at radius 2 is 1.82 bits per heavy atom. The first-order valence-corrected chi connectivity index (χ1v) is 5.65. The van der Waals surface area contributed by atoms with Crippen LogP contribution in [0.15, 0.2) is 23.1 Å². The van der Waals surface area contributed by atoms with E-state index in [2.05, 4.69) is 9.47 Å². The van der Waals surface area contributed by atoms with Crippen LogP contribution in [0.1, 0.15) is 0 Å². The van der Waals surface area contributed by atoms with Gasteiger partial charge < -0.3 is 9.47 Å². The van der Waals surface area contributed by atoms with Crippen molar-refractivity contribution in [1.29, 1.82) is 0 Å². The molecule has 1 rings (SSSR count). The maximum atomic E-state index is 12.0. The van der Waals surface area contributed by atoms with Gasteiger partial charge in [0.25, 0.3) is 0 Å². The minimum atomic E-state index is -4.89. The van der Waals surface area contributed by atoms with Crippen molar-refractivity contribution < 1.29 is 31.1 Å². The van der Waals surface area contributed by atoms with Crippen molar-refractivity contribution >= 4 is 10.0 Å². The lowest BCUT2D eigenvalue weighted by Crippen LogP contribution is -2.18. The van der Waals surface area contributed by atoms with Crippen LogP contribution in [0.25, 0.3) is 0 Å². The molecule has 1 aromatic carbocycles. The van der Waals surface area contributed by atoms with Crippen LogP contribution in [0, 0.1) is 0 Å². The summed E-state index contributed by atoms with van der Waals surface area (Å²) in [6, 6.07) is 2.54. The van der Waals surface area contributed by atoms with Crippen molar-refractivity contribution in [3.63, 3.8) is 0 Å². The molecule has 0 aliphatic carbocycles. The van der Waals surface area contributed by atoms with Gasteiger partial charge in [-0.25, -0.2) is 13.6 Å². The summed E-state index contributed by atoms with van der Waals surface area (Å²) in [6.45, 7) is 0. The smallest absolute Gasteiger partial charge is 0.493 e. The Morgan fingerprint density at radius 3 is 2.24 bits per heavy atom. The lowest BCUT2D eigenvalue weighted by molar-refractivity contribution is -0.275. The number of ether oxygens (including phenoxy) is 2. The molecule has 0 aliphatic heterocycles. The molecule has 0 unspecified atom stereocenters. The molecule has 5 nitrogen and oxygen atoms in total. The number of halogens is 3. The molecule has 96 valence electrons. The Bertz CT molecular complexity index is 512. The van der Waals surface area contributed by atoms with Gasteiger partial charge in [-0.1, -0.05) is 0 Å². The molecule has 0 fully saturated rings. The average Bonchev–Trinajstić information content (AvgIpc) is 2.14. The van der Waals surface area contributed by atoms with E-state index in [0.717, 1.165) is 25.3 Å². The van der Waals surface area contributed by atoms with Crippen LogP contribution in [-0.2, 0) is 10.0 Å². The summed E-state index contributed by atoms with van der Waals surface area (Å²) in [5.41, 5.74) is 0. The second-order valence-electron chi connectivity index (χ2n) is 2.91. The van der Waals surface area contributed by atoms with Crippen LogP contribution in [0.3, 0.4) is 0 Å². The van der Waals surface area contributed by atoms with E-state index in [9.17, 15) is 21.6 Å². The summed E-state index contributed by atoms with van der Waals surface area (Å²) in [7, 11) is -2.94. The van der Waals surface area contributed by atoms with Gasteiger partial charge in [0, 0.05) is 6.07 Å². The molecule has 0 radical (unpaired) electrons. The Morgan fingerprint density at radius 1 is 1.24 bits per heavy atom. The quantitative estimate of drug-likeness (QED) is 0.897. The van der Waals surface area contributed by atoms with Crippen molar-refractivity contribution in [3.05, 3.63) is 18.2 Å². The predicted octanol–water partition coefficient (Wildman–Crippen LogP) is 1.24. The van der Waals surface area contributed by atoms with Gasteiger partial charge in [-0.2, -0.15) is 0 Å². The Hall–Kier alpha value is -1.48. The molecule has 2 N–H and O–H groups in total. The van der Waals surface area contributed by atoms with E-state index in [-0.39, 0.29) is 10.6 Å². The van der Waals surface area contributed by atoms with Gasteiger partial charge in [-0.15, -0.1) is 13.2 Å². The lowest BCUT2D eigenvalue weighted by Gasteiger charge is -2.12. The van der Waals surface area contributed by atoms with Crippen LogP contribution in [0.2, 0.25) is 0 Å². The molecule has 0 spiro atoms. The summed E-state index contributed by atoms with van der Waals surface area (Å²) >= 11 is 0. The fourth-order valence-electron chi connectivity index (χ4n) is 1.03. The molecule has 0 saturated heterocycles. The second kappa shape index (κ2) is 4.41. The first-order chi connectivity index (χ1) is 7.63. The summed E-state index contributed by atoms with van der Waals surface area (Å²) in [6.07, 6.45) is -4.89. The molecule has 0 atom stereocenters. The third-order valence-electron chi connectivity index (χ3n) is 1.69. The highest BCUT2D eigenvalue weighted by Gasteiger charge is 2.32. The monoisotopic (exact) mass is 271 g/mol. The molecule has 0 aromatic heterocycles. The van der Waals surface area contributed by atoms with Gasteiger partial charge in [0.15, 0.2) is 11.5 Å². The summed E-state index contributed by atoms with van der Waals surface area (Å²) in [4.78, 5) is -0.371. The first-order valence-electron chi connectivity index (χ1n) is 4.10. The fraction of sp³-hybridized carbons (Fsp3) is 0.250.